The van der Waals surface area contributed by atoms with Gasteiger partial charge in [0.2, 0.25) is 0 Å². The second-order valence-electron chi connectivity index (χ2n) is 4.58. The van der Waals surface area contributed by atoms with Crippen molar-refractivity contribution in [1.29, 1.82) is 0 Å². The van der Waals surface area contributed by atoms with Crippen molar-refractivity contribution in [2.45, 2.75) is 13.8 Å². The summed E-state index contributed by atoms with van der Waals surface area (Å²) in [6, 6.07) is 21.4. The van der Waals surface area contributed by atoms with E-state index in [1.54, 1.807) is 0 Å². The molecule has 0 aliphatic carbocycles. The van der Waals surface area contributed by atoms with E-state index < -0.39 is 0 Å². The van der Waals surface area contributed by atoms with Gasteiger partial charge in [0.05, 0.1) is 5.69 Å². The molecule has 3 rings (SSSR count). The maximum atomic E-state index is 4.74. The molecule has 3 aromatic rings. The Morgan fingerprint density at radius 2 is 1.65 bits per heavy atom. The number of rotatable bonds is 2. The van der Waals surface area contributed by atoms with Crippen molar-refractivity contribution in [2.75, 3.05) is 0 Å². The zero-order valence-corrected chi connectivity index (χ0v) is 13.7. The van der Waals surface area contributed by atoms with Crippen LogP contribution in [0, 0.1) is 19.9 Å². The molecule has 0 N–H and O–H groups in total. The molecule has 2 aromatic carbocycles. The van der Waals surface area contributed by atoms with Gasteiger partial charge < -0.3 is 0 Å². The Hall–Kier alpha value is -1.66. The maximum absolute atomic E-state index is 4.74. The molecule has 104 valence electrons. The van der Waals surface area contributed by atoms with Gasteiger partial charge in [0.15, 0.2) is 0 Å². The van der Waals surface area contributed by atoms with E-state index in [0.717, 1.165) is 22.6 Å². The third kappa shape index (κ3) is 2.62. The number of aromatic nitrogens is 2. The molecule has 20 heavy (non-hydrogen) atoms. The number of nitrogens with zero attached hydrogens (tertiary/aromatic N) is 2. The van der Waals surface area contributed by atoms with E-state index >= 15 is 0 Å². The van der Waals surface area contributed by atoms with Gasteiger partial charge in [0, 0.05) is 32.3 Å². The smallest absolute Gasteiger partial charge is 0.0958 e. The van der Waals surface area contributed by atoms with E-state index in [-0.39, 0.29) is 21.1 Å². The first-order valence-electron chi connectivity index (χ1n) is 6.36. The molecule has 1 heterocycles. The standard InChI is InChI=1S/C17H15N2.Pt/c1-13-14(2)19(16-11-7-4-8-12-16)18-17(13)15-9-5-3-6-10-15;/h3-11H,1-2H3;/q-1;. The van der Waals surface area contributed by atoms with Crippen LogP contribution in [0.5, 0.6) is 0 Å². The fraction of sp³-hybridized carbons (Fsp3) is 0.118. The van der Waals surface area contributed by atoms with Crippen molar-refractivity contribution in [3.05, 3.63) is 71.9 Å². The molecule has 0 radical (unpaired) electrons. The molecule has 0 bridgehead atoms. The molecule has 0 aliphatic heterocycles. The summed E-state index contributed by atoms with van der Waals surface area (Å²) in [4.78, 5) is 0. The normalized spacial score (nSPS) is 10.1. The third-order valence-electron chi connectivity index (χ3n) is 3.38. The summed E-state index contributed by atoms with van der Waals surface area (Å²) < 4.78 is 1.96. The summed E-state index contributed by atoms with van der Waals surface area (Å²) in [5, 5.41) is 4.74. The Morgan fingerprint density at radius 3 is 2.30 bits per heavy atom. The van der Waals surface area contributed by atoms with Crippen LogP contribution in [0.2, 0.25) is 0 Å². The molecule has 0 aliphatic rings. The molecule has 0 saturated heterocycles. The minimum atomic E-state index is 0. The van der Waals surface area contributed by atoms with Crippen molar-refractivity contribution in [2.24, 2.45) is 0 Å². The maximum Gasteiger partial charge on any atom is 0.0958 e. The van der Waals surface area contributed by atoms with Crippen molar-refractivity contribution in [1.82, 2.24) is 9.78 Å². The Bertz CT molecular complexity index is 628. The molecule has 3 heteroatoms. The fourth-order valence-electron chi connectivity index (χ4n) is 2.20. The van der Waals surface area contributed by atoms with Gasteiger partial charge in [-0.05, 0) is 25.1 Å². The van der Waals surface area contributed by atoms with E-state index in [4.69, 9.17) is 5.10 Å². The van der Waals surface area contributed by atoms with Gasteiger partial charge in [0.1, 0.15) is 0 Å². The van der Waals surface area contributed by atoms with E-state index in [9.17, 15) is 0 Å². The summed E-state index contributed by atoms with van der Waals surface area (Å²) in [6.07, 6.45) is 0. The van der Waals surface area contributed by atoms with Gasteiger partial charge in [0.25, 0.3) is 0 Å². The molecule has 1 aromatic heterocycles. The van der Waals surface area contributed by atoms with Crippen LogP contribution in [0.1, 0.15) is 11.3 Å². The number of benzene rings is 2. The average Bonchev–Trinajstić information content (AvgIpc) is 2.77. The van der Waals surface area contributed by atoms with Crippen molar-refractivity contribution in [3.8, 4) is 16.9 Å². The Labute approximate surface area is 133 Å². The van der Waals surface area contributed by atoms with Crippen molar-refractivity contribution < 1.29 is 21.1 Å². The molecular formula is C17H15N2Pt-. The van der Waals surface area contributed by atoms with E-state index in [0.29, 0.717) is 0 Å². The van der Waals surface area contributed by atoms with Crippen LogP contribution in [0.3, 0.4) is 0 Å². The van der Waals surface area contributed by atoms with Gasteiger partial charge in [-0.25, -0.2) is 0 Å². The van der Waals surface area contributed by atoms with Crippen LogP contribution < -0.4 is 0 Å². The molecule has 0 unspecified atom stereocenters. The molecule has 0 amide bonds. The quantitative estimate of drug-likeness (QED) is 0.550. The summed E-state index contributed by atoms with van der Waals surface area (Å²) in [5.41, 5.74) is 5.53. The Balaban J connectivity index is 0.00000147. The van der Waals surface area contributed by atoms with Crippen molar-refractivity contribution in [3.63, 3.8) is 0 Å². The van der Waals surface area contributed by atoms with Crippen LogP contribution in [0.25, 0.3) is 16.9 Å². The summed E-state index contributed by atoms with van der Waals surface area (Å²) in [6.45, 7) is 4.21. The van der Waals surface area contributed by atoms with E-state index in [2.05, 4.69) is 32.0 Å². The number of para-hydroxylation sites is 1. The second-order valence-corrected chi connectivity index (χ2v) is 4.58. The van der Waals surface area contributed by atoms with E-state index in [1.807, 2.05) is 47.1 Å². The fourth-order valence-corrected chi connectivity index (χ4v) is 2.20. The first-order chi connectivity index (χ1) is 9.27. The third-order valence-corrected chi connectivity index (χ3v) is 3.38. The van der Waals surface area contributed by atoms with Gasteiger partial charge in [-0.2, -0.15) is 29.4 Å². The SMILES string of the molecule is Cc1c(-c2ccccc2)nn(-c2[c-]cccc2)c1C.[Pt]. The number of hydrogen-bond donors (Lipinski definition) is 0. The topological polar surface area (TPSA) is 17.8 Å². The largest absolute Gasteiger partial charge is 0.262 e. The molecule has 0 saturated carbocycles. The van der Waals surface area contributed by atoms with E-state index in [1.165, 1.54) is 5.56 Å². The minimum absolute atomic E-state index is 0. The molecule has 0 atom stereocenters. The Morgan fingerprint density at radius 1 is 0.950 bits per heavy atom. The summed E-state index contributed by atoms with van der Waals surface area (Å²) in [7, 11) is 0. The van der Waals surface area contributed by atoms with Crippen LogP contribution in [0.4, 0.5) is 0 Å². The monoisotopic (exact) mass is 442 g/mol. The first kappa shape index (κ1) is 14.7. The van der Waals surface area contributed by atoms with Gasteiger partial charge in [-0.3, -0.25) is 4.68 Å². The molecule has 0 fully saturated rings. The van der Waals surface area contributed by atoms with Crippen molar-refractivity contribution >= 4 is 0 Å². The summed E-state index contributed by atoms with van der Waals surface area (Å²) in [5.74, 6) is 0. The predicted octanol–water partition coefficient (Wildman–Crippen LogP) is 3.95. The van der Waals surface area contributed by atoms with Gasteiger partial charge in [-0.15, -0.1) is 6.07 Å². The molecule has 0 spiro atoms. The summed E-state index contributed by atoms with van der Waals surface area (Å²) >= 11 is 0. The van der Waals surface area contributed by atoms with Gasteiger partial charge in [-0.1, -0.05) is 30.3 Å². The van der Waals surface area contributed by atoms with Crippen LogP contribution in [-0.2, 0) is 21.1 Å². The van der Waals surface area contributed by atoms with Gasteiger partial charge >= 0.3 is 0 Å². The van der Waals surface area contributed by atoms with Crippen LogP contribution >= 0.6 is 0 Å². The predicted molar refractivity (Wildman–Crippen MR) is 77.3 cm³/mol. The number of hydrogen-bond acceptors (Lipinski definition) is 1. The van der Waals surface area contributed by atoms with Crippen LogP contribution in [0.15, 0.2) is 54.6 Å². The van der Waals surface area contributed by atoms with Crippen LogP contribution in [-0.4, -0.2) is 9.78 Å². The minimum Gasteiger partial charge on any atom is -0.262 e. The Kier molecular flexibility index (Phi) is 4.56. The zero-order chi connectivity index (χ0) is 13.2. The molecular weight excluding hydrogens is 427 g/mol. The second kappa shape index (κ2) is 6.19. The average molecular weight is 442 g/mol. The molecule has 2 nitrogen and oxygen atoms in total. The first-order valence-corrected chi connectivity index (χ1v) is 6.36. The zero-order valence-electron chi connectivity index (χ0n) is 11.4.